The normalized spacial score (nSPS) is 10.3. The van der Waals surface area contributed by atoms with Gasteiger partial charge in [-0.25, -0.2) is 4.39 Å². The van der Waals surface area contributed by atoms with Crippen molar-refractivity contribution in [2.45, 2.75) is 6.92 Å². The van der Waals surface area contributed by atoms with Crippen LogP contribution in [0.25, 0.3) is 11.1 Å². The highest BCUT2D eigenvalue weighted by Gasteiger charge is 2.03. The molecule has 0 bridgehead atoms. The number of hydrogen-bond donors (Lipinski definition) is 0. The minimum absolute atomic E-state index is 0.261. The molecule has 0 amide bonds. The Balaban J connectivity index is 2.58. The molecule has 0 atom stereocenters. The zero-order valence-corrected chi connectivity index (χ0v) is 8.98. The minimum Gasteiger partial charge on any atom is -0.207 e. The molecule has 2 rings (SSSR count). The zero-order chi connectivity index (χ0) is 10.8. The number of aryl methyl sites for hydroxylation is 1. The summed E-state index contributed by atoms with van der Waals surface area (Å²) in [5.41, 5.74) is 2.71. The molecule has 2 aromatic carbocycles. The number of hydrogen-bond acceptors (Lipinski definition) is 0. The van der Waals surface area contributed by atoms with Gasteiger partial charge in [-0.05, 0) is 53.9 Å². The number of halogens is 2. The second-order valence-corrected chi connectivity index (χ2v) is 3.82. The van der Waals surface area contributed by atoms with E-state index in [4.69, 9.17) is 11.6 Å². The van der Waals surface area contributed by atoms with Crippen molar-refractivity contribution in [1.82, 2.24) is 0 Å². The highest BCUT2D eigenvalue weighted by atomic mass is 35.5. The minimum atomic E-state index is -0.261. The van der Waals surface area contributed by atoms with E-state index in [0.717, 1.165) is 16.7 Å². The van der Waals surface area contributed by atoms with Crippen molar-refractivity contribution in [3.05, 3.63) is 58.9 Å². The molecule has 0 spiro atoms. The van der Waals surface area contributed by atoms with E-state index >= 15 is 0 Å². The summed E-state index contributed by atoms with van der Waals surface area (Å²) in [4.78, 5) is 0. The van der Waals surface area contributed by atoms with Crippen LogP contribution in [0, 0.1) is 18.8 Å². The summed E-state index contributed by atoms with van der Waals surface area (Å²) >= 11 is 5.90. The van der Waals surface area contributed by atoms with E-state index in [1.54, 1.807) is 6.07 Å². The van der Waals surface area contributed by atoms with Crippen molar-refractivity contribution in [3.63, 3.8) is 0 Å². The second kappa shape index (κ2) is 4.03. The largest absolute Gasteiger partial charge is 0.207 e. The summed E-state index contributed by atoms with van der Waals surface area (Å²) < 4.78 is 13.0. The fourth-order valence-corrected chi connectivity index (χ4v) is 1.65. The van der Waals surface area contributed by atoms with E-state index in [1.165, 1.54) is 12.1 Å². The van der Waals surface area contributed by atoms with Crippen molar-refractivity contribution < 1.29 is 4.39 Å². The fourth-order valence-electron chi connectivity index (χ4n) is 1.48. The highest BCUT2D eigenvalue weighted by molar-refractivity contribution is 6.30. The maximum absolute atomic E-state index is 13.0. The smallest absolute Gasteiger partial charge is 0.123 e. The Hall–Kier alpha value is -1.34. The van der Waals surface area contributed by atoms with E-state index in [-0.39, 0.29) is 5.82 Å². The lowest BCUT2D eigenvalue weighted by Gasteiger charge is -2.06. The van der Waals surface area contributed by atoms with Crippen molar-refractivity contribution >= 4 is 11.6 Å². The molecule has 2 aromatic rings. The van der Waals surface area contributed by atoms with Gasteiger partial charge in [-0.2, -0.15) is 0 Å². The topological polar surface area (TPSA) is 0 Å². The Labute approximate surface area is 93.3 Å². The van der Waals surface area contributed by atoms with Crippen LogP contribution in [-0.2, 0) is 0 Å². The zero-order valence-electron chi connectivity index (χ0n) is 8.22. The molecule has 0 aliphatic heterocycles. The quantitative estimate of drug-likeness (QED) is 0.673. The van der Waals surface area contributed by atoms with Gasteiger partial charge in [0.25, 0.3) is 0 Å². The third kappa shape index (κ3) is 2.18. The molecular formula is C13H9ClF. The van der Waals surface area contributed by atoms with Crippen LogP contribution in [-0.4, -0.2) is 0 Å². The molecule has 0 nitrogen and oxygen atoms in total. The van der Waals surface area contributed by atoms with Crippen LogP contribution in [0.1, 0.15) is 5.56 Å². The summed E-state index contributed by atoms with van der Waals surface area (Å²) in [7, 11) is 0. The molecule has 0 saturated heterocycles. The Kier molecular flexibility index (Phi) is 2.74. The molecule has 0 fully saturated rings. The summed E-state index contributed by atoms with van der Waals surface area (Å²) in [6.07, 6.45) is 0. The van der Waals surface area contributed by atoms with Gasteiger partial charge >= 0.3 is 0 Å². The lowest BCUT2D eigenvalue weighted by Crippen LogP contribution is -1.84. The Morgan fingerprint density at radius 2 is 2.00 bits per heavy atom. The molecule has 0 aliphatic carbocycles. The molecule has 0 aliphatic rings. The molecule has 0 N–H and O–H groups in total. The van der Waals surface area contributed by atoms with Crippen molar-refractivity contribution in [2.24, 2.45) is 0 Å². The van der Waals surface area contributed by atoms with Crippen LogP contribution >= 0.6 is 11.6 Å². The van der Waals surface area contributed by atoms with E-state index in [1.807, 2.05) is 25.1 Å². The molecule has 0 unspecified atom stereocenters. The van der Waals surface area contributed by atoms with Gasteiger partial charge in [0.2, 0.25) is 0 Å². The van der Waals surface area contributed by atoms with E-state index < -0.39 is 0 Å². The molecule has 75 valence electrons. The Morgan fingerprint density at radius 1 is 1.20 bits per heavy atom. The molecule has 0 aromatic heterocycles. The standard InChI is InChI=1S/C13H9ClF/c1-9-5-6-11(14)8-13(9)10-3-2-4-12(15)7-10/h2,4-8H,1H3. The van der Waals surface area contributed by atoms with Crippen LogP contribution in [0.3, 0.4) is 0 Å². The summed E-state index contributed by atoms with van der Waals surface area (Å²) in [5, 5.41) is 0.647. The summed E-state index contributed by atoms with van der Waals surface area (Å²) in [5.74, 6) is -0.261. The monoisotopic (exact) mass is 219 g/mol. The predicted molar refractivity (Wildman–Crippen MR) is 60.4 cm³/mol. The maximum atomic E-state index is 13.0. The first-order valence-electron chi connectivity index (χ1n) is 4.60. The van der Waals surface area contributed by atoms with Gasteiger partial charge in [0.15, 0.2) is 0 Å². The van der Waals surface area contributed by atoms with Gasteiger partial charge in [-0.3, -0.25) is 0 Å². The molecular weight excluding hydrogens is 211 g/mol. The van der Waals surface area contributed by atoms with Gasteiger partial charge in [-0.1, -0.05) is 23.7 Å². The third-order valence-electron chi connectivity index (χ3n) is 2.25. The number of rotatable bonds is 1. The van der Waals surface area contributed by atoms with Gasteiger partial charge in [0.1, 0.15) is 5.82 Å². The second-order valence-electron chi connectivity index (χ2n) is 3.38. The van der Waals surface area contributed by atoms with Crippen LogP contribution < -0.4 is 0 Å². The predicted octanol–water partition coefficient (Wildman–Crippen LogP) is 4.25. The Bertz CT molecular complexity index is 492. The van der Waals surface area contributed by atoms with Crippen LogP contribution in [0.15, 0.2) is 36.4 Å². The summed E-state index contributed by atoms with van der Waals surface area (Å²) in [6, 6.07) is 13.0. The molecule has 15 heavy (non-hydrogen) atoms. The van der Waals surface area contributed by atoms with Crippen molar-refractivity contribution in [2.75, 3.05) is 0 Å². The highest BCUT2D eigenvalue weighted by Crippen LogP contribution is 2.26. The van der Waals surface area contributed by atoms with Gasteiger partial charge in [-0.15, -0.1) is 0 Å². The Morgan fingerprint density at radius 3 is 2.73 bits per heavy atom. The fraction of sp³-hybridized carbons (Fsp3) is 0.0769. The van der Waals surface area contributed by atoms with Crippen LogP contribution in [0.2, 0.25) is 5.02 Å². The molecule has 2 heteroatoms. The molecule has 0 heterocycles. The first-order valence-corrected chi connectivity index (χ1v) is 4.98. The molecule has 1 radical (unpaired) electrons. The number of benzene rings is 2. The maximum Gasteiger partial charge on any atom is 0.123 e. The van der Waals surface area contributed by atoms with Crippen LogP contribution in [0.5, 0.6) is 0 Å². The van der Waals surface area contributed by atoms with E-state index in [9.17, 15) is 4.39 Å². The van der Waals surface area contributed by atoms with Gasteiger partial charge in [0.05, 0.1) is 0 Å². The van der Waals surface area contributed by atoms with Crippen molar-refractivity contribution in [3.8, 4) is 11.1 Å². The average molecular weight is 220 g/mol. The lowest BCUT2D eigenvalue weighted by molar-refractivity contribution is 0.628. The first-order chi connectivity index (χ1) is 7.16. The van der Waals surface area contributed by atoms with E-state index in [2.05, 4.69) is 6.07 Å². The van der Waals surface area contributed by atoms with Gasteiger partial charge < -0.3 is 0 Å². The first kappa shape index (κ1) is 10.2. The third-order valence-corrected chi connectivity index (χ3v) is 2.49. The SMILES string of the molecule is Cc1ccc(Cl)cc1-c1[c]ccc(F)c1. The van der Waals surface area contributed by atoms with Crippen LogP contribution in [0.4, 0.5) is 4.39 Å². The van der Waals surface area contributed by atoms with E-state index in [0.29, 0.717) is 5.02 Å². The summed E-state index contributed by atoms with van der Waals surface area (Å²) in [6.45, 7) is 1.96. The van der Waals surface area contributed by atoms with Gasteiger partial charge in [0, 0.05) is 5.02 Å². The average Bonchev–Trinajstić information content (AvgIpc) is 2.22. The lowest BCUT2D eigenvalue weighted by atomic mass is 10.0. The molecule has 0 saturated carbocycles. The van der Waals surface area contributed by atoms with Crippen molar-refractivity contribution in [1.29, 1.82) is 0 Å².